The average molecular weight is 330 g/mol. The zero-order valence-corrected chi connectivity index (χ0v) is 13.6. The first-order valence-corrected chi connectivity index (χ1v) is 4.63. The van der Waals surface area contributed by atoms with E-state index < -0.39 is 0 Å². The largest absolute Gasteiger partial charge is 1.00 e. The molecule has 0 saturated heterocycles. The molecule has 0 N–H and O–H groups in total. The van der Waals surface area contributed by atoms with E-state index in [4.69, 9.17) is 0 Å². The maximum Gasteiger partial charge on any atom is 0 e. The number of hydrogen-bond acceptors (Lipinski definition) is 0. The predicted molar refractivity (Wildman–Crippen MR) is 57.9 cm³/mol. The molecule has 4 heteroatoms. The van der Waals surface area contributed by atoms with Crippen LogP contribution in [0.5, 0.6) is 0 Å². The zero-order valence-electron chi connectivity index (χ0n) is 9.91. The fourth-order valence-electron chi connectivity index (χ4n) is 1.07. The van der Waals surface area contributed by atoms with E-state index in [0.29, 0.717) is 0 Å². The van der Waals surface area contributed by atoms with Crippen molar-refractivity contribution in [3.8, 4) is 0 Å². The molecular weight excluding hydrogens is 313 g/mol. The van der Waals surface area contributed by atoms with Crippen molar-refractivity contribution >= 4 is 0 Å². The van der Waals surface area contributed by atoms with Crippen molar-refractivity contribution in [2.75, 3.05) is 0 Å². The van der Waals surface area contributed by atoms with E-state index in [0.717, 1.165) is 6.42 Å². The van der Waals surface area contributed by atoms with E-state index in [1.807, 2.05) is 18.2 Å². The molecule has 0 nitrogen and oxygen atoms in total. The fourth-order valence-corrected chi connectivity index (χ4v) is 1.07. The molecule has 2 aliphatic rings. The molecular formula is C13H16Cl3V-5. The summed E-state index contributed by atoms with van der Waals surface area (Å²) in [5, 5.41) is 0. The first-order chi connectivity index (χ1) is 6.21. The van der Waals surface area contributed by atoms with Gasteiger partial charge in [-0.2, -0.15) is 6.08 Å². The normalized spacial score (nSPS) is 15.9. The first-order valence-electron chi connectivity index (χ1n) is 4.63. The van der Waals surface area contributed by atoms with Crippen LogP contribution in [0.25, 0.3) is 0 Å². The molecule has 17 heavy (non-hydrogen) atoms. The first kappa shape index (κ1) is 26.0. The van der Waals surface area contributed by atoms with Crippen LogP contribution in [0.4, 0.5) is 0 Å². The van der Waals surface area contributed by atoms with Crippen LogP contribution >= 0.6 is 0 Å². The van der Waals surface area contributed by atoms with E-state index in [-0.39, 0.29) is 61.2 Å². The van der Waals surface area contributed by atoms with Gasteiger partial charge in [-0.3, -0.25) is 6.08 Å². The van der Waals surface area contributed by atoms with Gasteiger partial charge in [0.25, 0.3) is 0 Å². The Hall–Kier alpha value is 0.284. The molecule has 0 aliphatic heterocycles. The molecule has 0 saturated carbocycles. The summed E-state index contributed by atoms with van der Waals surface area (Å²) in [5.41, 5.74) is 0.286. The molecule has 2 aliphatic carbocycles. The van der Waals surface area contributed by atoms with Crippen LogP contribution < -0.4 is 37.2 Å². The van der Waals surface area contributed by atoms with Gasteiger partial charge >= 0.3 is 0 Å². The molecule has 0 fully saturated rings. The molecule has 0 heterocycles. The van der Waals surface area contributed by atoms with Gasteiger partial charge in [0.1, 0.15) is 0 Å². The Bertz CT molecular complexity index is 256. The van der Waals surface area contributed by atoms with Crippen molar-refractivity contribution in [2.45, 2.75) is 20.3 Å². The summed E-state index contributed by atoms with van der Waals surface area (Å²) >= 11 is 0. The Balaban J connectivity index is -0.0000000849. The van der Waals surface area contributed by atoms with Gasteiger partial charge in [-0.15, -0.1) is 18.6 Å². The van der Waals surface area contributed by atoms with Crippen LogP contribution in [0.2, 0.25) is 0 Å². The predicted octanol–water partition coefficient (Wildman–Crippen LogP) is -5.34. The third-order valence-corrected chi connectivity index (χ3v) is 1.86. The van der Waals surface area contributed by atoms with Crippen molar-refractivity contribution in [1.82, 2.24) is 0 Å². The van der Waals surface area contributed by atoms with E-state index in [1.165, 1.54) is 0 Å². The van der Waals surface area contributed by atoms with Gasteiger partial charge in [0.2, 0.25) is 0 Å². The Morgan fingerprint density at radius 3 is 1.88 bits per heavy atom. The van der Waals surface area contributed by atoms with E-state index in [1.54, 1.807) is 0 Å². The maximum atomic E-state index is 2.99. The molecule has 0 atom stereocenters. The standard InChI is InChI=1S/C8H11.C5H5.3ClH.V/c1-8(2)6-4-3-5-7-8;1-2-4-5-3-1;;;;/h3-7H,1-2H3;1-3H,4H2;3*1H;/q2*-1;;;;/p-3. The molecule has 0 amide bonds. The van der Waals surface area contributed by atoms with Gasteiger partial charge in [-0.1, -0.05) is 19.3 Å². The fraction of sp³-hybridized carbons (Fsp3) is 0.308. The van der Waals surface area contributed by atoms with Crippen molar-refractivity contribution in [2.24, 2.45) is 5.41 Å². The second-order valence-electron chi connectivity index (χ2n) is 3.74. The van der Waals surface area contributed by atoms with Gasteiger partial charge in [0.05, 0.1) is 0 Å². The summed E-state index contributed by atoms with van der Waals surface area (Å²) in [6.45, 7) is 4.38. The second-order valence-corrected chi connectivity index (χ2v) is 3.74. The summed E-state index contributed by atoms with van der Waals surface area (Å²) in [6, 6.07) is 0. The molecule has 0 aromatic carbocycles. The molecule has 0 aromatic rings. The number of rotatable bonds is 0. The van der Waals surface area contributed by atoms with Gasteiger partial charge in [0.15, 0.2) is 0 Å². The quantitative estimate of drug-likeness (QED) is 0.390. The van der Waals surface area contributed by atoms with Crippen LogP contribution in [-0.2, 0) is 18.6 Å². The monoisotopic (exact) mass is 328 g/mol. The van der Waals surface area contributed by atoms with Crippen molar-refractivity contribution in [1.29, 1.82) is 0 Å². The smallest absolute Gasteiger partial charge is 0 e. The molecule has 0 spiro atoms. The van der Waals surface area contributed by atoms with Crippen molar-refractivity contribution in [3.63, 3.8) is 0 Å². The van der Waals surface area contributed by atoms with Gasteiger partial charge in [-0.25, -0.2) is 30.7 Å². The van der Waals surface area contributed by atoms with Gasteiger partial charge < -0.3 is 37.2 Å². The van der Waals surface area contributed by atoms with E-state index >= 15 is 0 Å². The Morgan fingerprint density at radius 2 is 1.71 bits per heavy atom. The molecule has 1 radical (unpaired) electrons. The summed E-state index contributed by atoms with van der Waals surface area (Å²) in [4.78, 5) is 0. The minimum absolute atomic E-state index is 0. The second kappa shape index (κ2) is 14.3. The third-order valence-electron chi connectivity index (χ3n) is 1.86. The summed E-state index contributed by atoms with van der Waals surface area (Å²) < 4.78 is 0. The van der Waals surface area contributed by atoms with Crippen LogP contribution in [-0.4, -0.2) is 0 Å². The Morgan fingerprint density at radius 1 is 1.06 bits per heavy atom. The maximum absolute atomic E-state index is 2.99. The molecule has 0 unspecified atom stereocenters. The topological polar surface area (TPSA) is 0 Å². The van der Waals surface area contributed by atoms with Crippen LogP contribution in [0.3, 0.4) is 0 Å². The minimum Gasteiger partial charge on any atom is -1.00 e. The summed E-state index contributed by atoms with van der Waals surface area (Å²) in [5.74, 6) is 0. The summed E-state index contributed by atoms with van der Waals surface area (Å²) in [6.07, 6.45) is 20.6. The number of hydrogen-bond donors (Lipinski definition) is 0. The molecule has 99 valence electrons. The van der Waals surface area contributed by atoms with E-state index in [2.05, 4.69) is 50.6 Å². The van der Waals surface area contributed by atoms with Crippen molar-refractivity contribution < 1.29 is 55.8 Å². The van der Waals surface area contributed by atoms with Crippen molar-refractivity contribution in [3.05, 3.63) is 55.0 Å². The molecule has 2 rings (SSSR count). The molecule has 0 bridgehead atoms. The van der Waals surface area contributed by atoms with Crippen LogP contribution in [0, 0.1) is 17.9 Å². The number of allylic oxidation sites excluding steroid dienone is 8. The van der Waals surface area contributed by atoms with Crippen LogP contribution in [0.1, 0.15) is 20.3 Å². The third kappa shape index (κ3) is 14.2. The average Bonchev–Trinajstić information content (AvgIpc) is 2.60. The minimum atomic E-state index is 0. The summed E-state index contributed by atoms with van der Waals surface area (Å²) in [7, 11) is 0. The van der Waals surface area contributed by atoms with Gasteiger partial charge in [0, 0.05) is 18.6 Å². The Kier molecular flexibility index (Phi) is 21.9. The van der Waals surface area contributed by atoms with Gasteiger partial charge in [-0.05, 0) is 0 Å². The Labute approximate surface area is 136 Å². The van der Waals surface area contributed by atoms with E-state index in [9.17, 15) is 0 Å². The zero-order chi connectivity index (χ0) is 9.57. The number of halogens is 3. The van der Waals surface area contributed by atoms with Crippen LogP contribution in [0.15, 0.2) is 42.5 Å². The molecule has 0 aromatic heterocycles. The SMILES string of the molecule is CC1(C)C=CC=C[CH-]1.[C-]1=CC=CC1.[Cl-].[Cl-].[Cl-].[V].